The first-order chi connectivity index (χ1) is 16.5. The number of unbranched alkanes of at least 4 members (excludes halogenated alkanes) is 2. The molecule has 7 heteroatoms. The summed E-state index contributed by atoms with van der Waals surface area (Å²) in [5.41, 5.74) is 1.81. The molecular formula is C27H30N2O5. The number of amides is 2. The monoisotopic (exact) mass is 462 g/mol. The lowest BCUT2D eigenvalue weighted by atomic mass is 9.98. The number of carbonyl (C=O) groups is 3. The zero-order valence-electron chi connectivity index (χ0n) is 19.0. The van der Waals surface area contributed by atoms with Gasteiger partial charge in [0.25, 0.3) is 0 Å². The van der Waals surface area contributed by atoms with Crippen molar-refractivity contribution in [3.63, 3.8) is 0 Å². The summed E-state index contributed by atoms with van der Waals surface area (Å²) in [5.74, 6) is -1.35. The molecule has 3 rings (SSSR count). The molecule has 0 aliphatic rings. The average molecular weight is 463 g/mol. The number of nitrogens with one attached hydrogen (secondary N) is 2. The Bertz CT molecular complexity index is 1100. The van der Waals surface area contributed by atoms with Gasteiger partial charge in [-0.05, 0) is 34.7 Å². The molecule has 178 valence electrons. The van der Waals surface area contributed by atoms with E-state index < -0.39 is 18.1 Å². The molecule has 0 spiro atoms. The highest BCUT2D eigenvalue weighted by atomic mass is 16.5. The van der Waals surface area contributed by atoms with Crippen molar-refractivity contribution in [2.24, 2.45) is 0 Å². The number of ether oxygens (including phenoxy) is 1. The first kappa shape index (κ1) is 24.8. The van der Waals surface area contributed by atoms with Crippen LogP contribution in [0.25, 0.3) is 10.8 Å². The largest absolute Gasteiger partial charge is 0.480 e. The lowest BCUT2D eigenvalue weighted by Gasteiger charge is -2.16. The normalized spacial score (nSPS) is 11.5. The van der Waals surface area contributed by atoms with E-state index >= 15 is 0 Å². The maximum Gasteiger partial charge on any atom is 0.407 e. The van der Waals surface area contributed by atoms with Crippen LogP contribution in [-0.4, -0.2) is 35.7 Å². The Hall–Kier alpha value is -3.87. The molecule has 3 N–H and O–H groups in total. The first-order valence-electron chi connectivity index (χ1n) is 11.5. The van der Waals surface area contributed by atoms with E-state index in [0.29, 0.717) is 19.4 Å². The minimum atomic E-state index is -1.06. The predicted molar refractivity (Wildman–Crippen MR) is 130 cm³/mol. The second-order valence-electron chi connectivity index (χ2n) is 8.10. The third kappa shape index (κ3) is 7.92. The molecule has 34 heavy (non-hydrogen) atoms. The molecule has 0 aliphatic heterocycles. The molecule has 1 atom stereocenters. The number of carbonyl (C=O) groups excluding carboxylic acids is 2. The van der Waals surface area contributed by atoms with E-state index in [1.54, 1.807) is 0 Å². The van der Waals surface area contributed by atoms with Crippen molar-refractivity contribution in [3.05, 3.63) is 83.9 Å². The smallest absolute Gasteiger partial charge is 0.407 e. The number of alkyl carbamates (subject to hydrolysis) is 1. The van der Waals surface area contributed by atoms with Gasteiger partial charge >= 0.3 is 12.1 Å². The van der Waals surface area contributed by atoms with Gasteiger partial charge in [-0.2, -0.15) is 0 Å². The molecule has 3 aromatic carbocycles. The van der Waals surface area contributed by atoms with Crippen LogP contribution in [0.15, 0.2) is 72.8 Å². The highest BCUT2D eigenvalue weighted by Crippen LogP contribution is 2.20. The number of carboxylic acids is 1. The summed E-state index contributed by atoms with van der Waals surface area (Å²) >= 11 is 0. The molecule has 0 fully saturated rings. The van der Waals surface area contributed by atoms with Crippen LogP contribution in [0.5, 0.6) is 0 Å². The highest BCUT2D eigenvalue weighted by molar-refractivity contribution is 5.88. The first-order valence-corrected chi connectivity index (χ1v) is 11.5. The number of hydrogen-bond donors (Lipinski definition) is 3. The molecule has 3 aromatic rings. The third-order valence-electron chi connectivity index (χ3n) is 5.50. The fraction of sp³-hybridized carbons (Fsp3) is 0.296. The van der Waals surface area contributed by atoms with Crippen molar-refractivity contribution < 1.29 is 24.2 Å². The molecule has 0 saturated carbocycles. The number of aliphatic carboxylic acids is 1. The molecule has 0 bridgehead atoms. The zero-order chi connectivity index (χ0) is 24.2. The number of fused-ring (bicyclic) bond motifs is 1. The summed E-state index contributed by atoms with van der Waals surface area (Å²) in [6.07, 6.45) is 2.02. The number of rotatable bonds is 12. The average Bonchev–Trinajstić information content (AvgIpc) is 2.85. The van der Waals surface area contributed by atoms with Crippen molar-refractivity contribution >= 4 is 28.7 Å². The topological polar surface area (TPSA) is 105 Å². The Morgan fingerprint density at radius 3 is 2.38 bits per heavy atom. The number of benzene rings is 3. The second-order valence-corrected chi connectivity index (χ2v) is 8.10. The van der Waals surface area contributed by atoms with Gasteiger partial charge in [-0.3, -0.25) is 4.79 Å². The molecule has 0 aromatic heterocycles. The number of carboxylic acid groups (broad SMARTS) is 1. The summed E-state index contributed by atoms with van der Waals surface area (Å²) in [6.45, 7) is 0.671. The van der Waals surface area contributed by atoms with Crippen molar-refractivity contribution in [1.82, 2.24) is 10.6 Å². The summed E-state index contributed by atoms with van der Waals surface area (Å²) in [4.78, 5) is 35.8. The highest BCUT2D eigenvalue weighted by Gasteiger charge is 2.21. The van der Waals surface area contributed by atoms with Crippen molar-refractivity contribution in [2.75, 3.05) is 6.54 Å². The van der Waals surface area contributed by atoms with Crippen molar-refractivity contribution in [3.8, 4) is 0 Å². The second kappa shape index (κ2) is 13.0. The van der Waals surface area contributed by atoms with Gasteiger partial charge in [0.2, 0.25) is 5.91 Å². The fourth-order valence-corrected chi connectivity index (χ4v) is 3.71. The Morgan fingerprint density at radius 1 is 0.853 bits per heavy atom. The van der Waals surface area contributed by atoms with E-state index in [0.717, 1.165) is 28.3 Å². The van der Waals surface area contributed by atoms with Crippen molar-refractivity contribution in [2.45, 2.75) is 44.8 Å². The van der Waals surface area contributed by atoms with Gasteiger partial charge in [0.15, 0.2) is 0 Å². The van der Waals surface area contributed by atoms with Gasteiger partial charge in [0.05, 0.1) is 0 Å². The van der Waals surface area contributed by atoms with E-state index in [1.165, 1.54) is 0 Å². The van der Waals surface area contributed by atoms with Crippen LogP contribution in [0.4, 0.5) is 4.79 Å². The SMILES string of the molecule is O=C(CCCCCNC(=O)OCc1ccccc1)N[C@@H](Cc1cccc2ccccc12)C(=O)O. The summed E-state index contributed by atoms with van der Waals surface area (Å²) in [7, 11) is 0. The standard InChI is InChI=1S/C27H30N2O5/c30-25(16-5-2-8-17-28-27(33)34-19-20-10-3-1-4-11-20)29-24(26(31)32)18-22-14-9-13-21-12-6-7-15-23(21)22/h1,3-4,6-7,9-15,24H,2,5,8,16-19H2,(H,28,33)(H,29,30)(H,31,32)/t24-/m0/s1. The van der Waals surface area contributed by atoms with Crippen LogP contribution < -0.4 is 10.6 Å². The van der Waals surface area contributed by atoms with Gasteiger partial charge in [0.1, 0.15) is 12.6 Å². The maximum absolute atomic E-state index is 12.3. The zero-order valence-corrected chi connectivity index (χ0v) is 19.0. The third-order valence-corrected chi connectivity index (χ3v) is 5.50. The molecular weight excluding hydrogens is 432 g/mol. The Morgan fingerprint density at radius 2 is 1.59 bits per heavy atom. The lowest BCUT2D eigenvalue weighted by Crippen LogP contribution is -2.42. The van der Waals surface area contributed by atoms with E-state index in [-0.39, 0.29) is 25.4 Å². The Balaban J connectivity index is 1.34. The van der Waals surface area contributed by atoms with Gasteiger partial charge < -0.3 is 20.5 Å². The molecule has 0 heterocycles. The van der Waals surface area contributed by atoms with Gasteiger partial charge in [-0.15, -0.1) is 0 Å². The van der Waals surface area contributed by atoms with Gasteiger partial charge in [-0.25, -0.2) is 9.59 Å². The van der Waals surface area contributed by atoms with E-state index in [1.807, 2.05) is 72.8 Å². The predicted octanol–water partition coefficient (Wildman–Crippen LogP) is 4.44. The fourth-order valence-electron chi connectivity index (χ4n) is 3.71. The molecule has 0 aliphatic carbocycles. The molecule has 7 nitrogen and oxygen atoms in total. The summed E-state index contributed by atoms with van der Waals surface area (Å²) in [5, 5.41) is 17.0. The molecule has 2 amide bonds. The van der Waals surface area contributed by atoms with Crippen LogP contribution in [0, 0.1) is 0 Å². The van der Waals surface area contributed by atoms with Crippen LogP contribution >= 0.6 is 0 Å². The Kier molecular flexibility index (Phi) is 9.46. The molecule has 0 radical (unpaired) electrons. The van der Waals surface area contributed by atoms with Crippen LogP contribution in [0.3, 0.4) is 0 Å². The molecule has 0 unspecified atom stereocenters. The quantitative estimate of drug-likeness (QED) is 0.345. The van der Waals surface area contributed by atoms with Crippen LogP contribution in [0.2, 0.25) is 0 Å². The van der Waals surface area contributed by atoms with E-state index in [9.17, 15) is 19.5 Å². The number of hydrogen-bond acceptors (Lipinski definition) is 4. The molecule has 0 saturated heterocycles. The van der Waals surface area contributed by atoms with E-state index in [2.05, 4.69) is 10.6 Å². The van der Waals surface area contributed by atoms with Crippen LogP contribution in [-0.2, 0) is 27.4 Å². The minimum absolute atomic E-state index is 0.219. The van der Waals surface area contributed by atoms with E-state index in [4.69, 9.17) is 4.74 Å². The lowest BCUT2D eigenvalue weighted by molar-refractivity contribution is -0.141. The maximum atomic E-state index is 12.3. The van der Waals surface area contributed by atoms with Crippen molar-refractivity contribution in [1.29, 1.82) is 0 Å². The van der Waals surface area contributed by atoms with Gasteiger partial charge in [-0.1, -0.05) is 79.2 Å². The minimum Gasteiger partial charge on any atom is -0.480 e. The Labute approximate surface area is 199 Å². The van der Waals surface area contributed by atoms with Crippen LogP contribution in [0.1, 0.15) is 36.8 Å². The summed E-state index contributed by atoms with van der Waals surface area (Å²) in [6, 6.07) is 22.0. The van der Waals surface area contributed by atoms with Gasteiger partial charge in [0, 0.05) is 19.4 Å². The summed E-state index contributed by atoms with van der Waals surface area (Å²) < 4.78 is 5.14.